The van der Waals surface area contributed by atoms with Crippen molar-refractivity contribution in [1.29, 1.82) is 0 Å². The summed E-state index contributed by atoms with van der Waals surface area (Å²) in [5, 5.41) is 3.35. The molecule has 4 aromatic carbocycles. The summed E-state index contributed by atoms with van der Waals surface area (Å²) in [6, 6.07) is 44.3. The average molecular weight is 532 g/mol. The number of hydrogen-bond donors (Lipinski definition) is 0. The van der Waals surface area contributed by atoms with E-state index in [0.29, 0.717) is 0 Å². The standard InChI is InChI=1S/C36H34B2Si.2Li.2H/c1-39(2,35-27-15-25-33(35)37(29-17-7-3-8-18-29)30-19-9-4-10-20-30)36-28-16-26-34(36)38(31-21-11-5-12-22-31)32-23-13-6-14-24-32;;;;/h3-26H,27-28H2,1-2H3;;;;/q;2*+1;2*-1. The molecule has 0 saturated heterocycles. The van der Waals surface area contributed by atoms with Crippen molar-refractivity contribution in [3.63, 3.8) is 0 Å². The molecule has 0 unspecified atom stereocenters. The third-order valence-electron chi connectivity index (χ3n) is 8.60. The van der Waals surface area contributed by atoms with Gasteiger partial charge in [-0.1, -0.05) is 202 Å². The topological polar surface area (TPSA) is 0 Å². The Morgan fingerprint density at radius 3 is 1.00 bits per heavy atom. The molecular weight excluding hydrogens is 496 g/mol. The molecule has 4 aromatic rings. The zero-order chi connectivity index (χ0) is 26.7. The fourth-order valence-electron chi connectivity index (χ4n) is 6.68. The fraction of sp³-hybridized carbons (Fsp3) is 0.111. The summed E-state index contributed by atoms with van der Waals surface area (Å²) in [6.45, 7) is 5.70. The van der Waals surface area contributed by atoms with Gasteiger partial charge in [-0.15, -0.1) is 0 Å². The zero-order valence-corrected chi connectivity index (χ0v) is 25.9. The van der Waals surface area contributed by atoms with Crippen molar-refractivity contribution in [2.45, 2.75) is 25.9 Å². The van der Waals surface area contributed by atoms with Crippen molar-refractivity contribution in [3.05, 3.63) is 167 Å². The minimum Gasteiger partial charge on any atom is -1.00 e. The summed E-state index contributed by atoms with van der Waals surface area (Å²) < 4.78 is 0. The van der Waals surface area contributed by atoms with E-state index in [1.54, 1.807) is 10.4 Å². The van der Waals surface area contributed by atoms with Gasteiger partial charge in [0.05, 0.1) is 0 Å². The summed E-state index contributed by atoms with van der Waals surface area (Å²) in [6.07, 6.45) is 11.8. The first-order valence-electron chi connectivity index (χ1n) is 14.1. The molecule has 2 aliphatic rings. The Labute approximate surface area is 275 Å². The predicted octanol–water partition coefficient (Wildman–Crippen LogP) is 0.216. The molecule has 0 fully saturated rings. The molecule has 0 N–H and O–H groups in total. The van der Waals surface area contributed by atoms with E-state index in [4.69, 9.17) is 0 Å². The Kier molecular flexibility index (Phi) is 10.7. The number of allylic oxidation sites excluding steroid dienone is 8. The van der Waals surface area contributed by atoms with E-state index in [2.05, 4.69) is 159 Å². The molecule has 0 aromatic heterocycles. The Bertz CT molecular complexity index is 1380. The summed E-state index contributed by atoms with van der Waals surface area (Å²) in [5.74, 6) is 0. The fourth-order valence-corrected chi connectivity index (χ4v) is 10.2. The third kappa shape index (κ3) is 6.42. The van der Waals surface area contributed by atoms with Crippen LogP contribution in [0.3, 0.4) is 0 Å². The monoisotopic (exact) mass is 532 g/mol. The van der Waals surface area contributed by atoms with Gasteiger partial charge in [-0.3, -0.25) is 0 Å². The van der Waals surface area contributed by atoms with E-state index in [1.165, 1.54) is 32.8 Å². The van der Waals surface area contributed by atoms with Crippen molar-refractivity contribution in [2.24, 2.45) is 0 Å². The van der Waals surface area contributed by atoms with Crippen LogP contribution in [0.5, 0.6) is 0 Å². The average Bonchev–Trinajstić information content (AvgIpc) is 3.67. The van der Waals surface area contributed by atoms with Gasteiger partial charge in [-0.05, 0) is 12.8 Å². The Morgan fingerprint density at radius 2 is 0.732 bits per heavy atom. The van der Waals surface area contributed by atoms with E-state index >= 15 is 0 Å². The summed E-state index contributed by atoms with van der Waals surface area (Å²) >= 11 is 0. The second-order valence-corrected chi connectivity index (χ2v) is 15.7. The van der Waals surface area contributed by atoms with Crippen LogP contribution in [-0.4, -0.2) is 21.5 Å². The maximum Gasteiger partial charge on any atom is 1.00 e. The second-order valence-electron chi connectivity index (χ2n) is 11.2. The van der Waals surface area contributed by atoms with Crippen LogP contribution >= 0.6 is 0 Å². The van der Waals surface area contributed by atoms with Crippen LogP contribution in [0.1, 0.15) is 15.7 Å². The Hall–Kier alpha value is -2.62. The van der Waals surface area contributed by atoms with Crippen LogP contribution in [0.25, 0.3) is 0 Å². The van der Waals surface area contributed by atoms with Crippen molar-refractivity contribution in [3.8, 4) is 0 Å². The largest absolute Gasteiger partial charge is 1.00 e. The molecule has 0 nitrogen and oxygen atoms in total. The van der Waals surface area contributed by atoms with Gasteiger partial charge < -0.3 is 2.85 Å². The van der Waals surface area contributed by atoms with Crippen LogP contribution in [0.2, 0.25) is 13.1 Å². The van der Waals surface area contributed by atoms with E-state index in [-0.39, 0.29) is 54.0 Å². The van der Waals surface area contributed by atoms with Crippen molar-refractivity contribution < 1.29 is 40.6 Å². The molecule has 0 radical (unpaired) electrons. The number of rotatable bonds is 8. The van der Waals surface area contributed by atoms with Gasteiger partial charge in [0.25, 0.3) is 0 Å². The van der Waals surface area contributed by atoms with Crippen LogP contribution in [0.4, 0.5) is 0 Å². The third-order valence-corrected chi connectivity index (χ3v) is 12.6. The van der Waals surface area contributed by atoms with Gasteiger partial charge in [0.15, 0.2) is 0 Å². The van der Waals surface area contributed by atoms with Gasteiger partial charge in [0.1, 0.15) is 8.07 Å². The van der Waals surface area contributed by atoms with Gasteiger partial charge >= 0.3 is 37.7 Å². The van der Waals surface area contributed by atoms with Gasteiger partial charge in [-0.2, -0.15) is 0 Å². The summed E-state index contributed by atoms with van der Waals surface area (Å²) in [5.41, 5.74) is 8.52. The predicted molar refractivity (Wildman–Crippen MR) is 177 cm³/mol. The molecule has 5 heteroatoms. The molecule has 192 valence electrons. The van der Waals surface area contributed by atoms with Crippen molar-refractivity contribution >= 4 is 43.4 Å². The van der Waals surface area contributed by atoms with Crippen LogP contribution in [-0.2, 0) is 0 Å². The number of hydrogen-bond acceptors (Lipinski definition) is 0. The van der Waals surface area contributed by atoms with Crippen LogP contribution in [0, 0.1) is 0 Å². The van der Waals surface area contributed by atoms with Crippen LogP contribution < -0.4 is 59.6 Å². The van der Waals surface area contributed by atoms with Gasteiger partial charge in [-0.25, -0.2) is 0 Å². The Morgan fingerprint density at radius 1 is 0.463 bits per heavy atom. The molecule has 0 bridgehead atoms. The molecule has 0 spiro atoms. The molecular formula is C36H36B2Li2Si. The number of benzene rings is 4. The molecule has 41 heavy (non-hydrogen) atoms. The molecule has 0 amide bonds. The normalized spacial score (nSPS) is 14.1. The van der Waals surface area contributed by atoms with E-state index in [9.17, 15) is 0 Å². The summed E-state index contributed by atoms with van der Waals surface area (Å²) in [7, 11) is -1.99. The first kappa shape index (κ1) is 31.3. The molecule has 0 aliphatic heterocycles. The minimum absolute atomic E-state index is 0. The maximum absolute atomic E-state index is 2.60. The second kappa shape index (κ2) is 14.0. The van der Waals surface area contributed by atoms with E-state index < -0.39 is 8.07 Å². The molecule has 6 rings (SSSR count). The van der Waals surface area contributed by atoms with Gasteiger partial charge in [0, 0.05) is 0 Å². The molecule has 0 saturated carbocycles. The smallest absolute Gasteiger partial charge is 1.00 e. The minimum atomic E-state index is -1.99. The SMILES string of the molecule is C[Si](C)(C1=C(B(c2ccccc2)c2ccccc2)C=CC1)C1=C(B(c2ccccc2)c2ccccc2)C=CC1.[H-].[H-].[Li+].[Li+]. The molecule has 0 atom stereocenters. The first-order valence-corrected chi connectivity index (χ1v) is 17.1. The van der Waals surface area contributed by atoms with Gasteiger partial charge in [0.2, 0.25) is 13.4 Å². The van der Waals surface area contributed by atoms with Crippen molar-refractivity contribution in [2.75, 3.05) is 0 Å². The first-order chi connectivity index (χ1) is 19.1. The summed E-state index contributed by atoms with van der Waals surface area (Å²) in [4.78, 5) is 0. The zero-order valence-electron chi connectivity index (χ0n) is 26.9. The quantitative estimate of drug-likeness (QED) is 0.285. The Balaban J connectivity index is 0.00000161. The van der Waals surface area contributed by atoms with E-state index in [1.807, 2.05) is 0 Å². The molecule has 0 heterocycles. The van der Waals surface area contributed by atoms with E-state index in [0.717, 1.165) is 12.8 Å². The maximum atomic E-state index is 2.60. The molecule has 2 aliphatic carbocycles. The van der Waals surface area contributed by atoms with Crippen LogP contribution in [0.15, 0.2) is 167 Å². The van der Waals surface area contributed by atoms with Crippen molar-refractivity contribution in [1.82, 2.24) is 0 Å².